The second kappa shape index (κ2) is 11.3. The van der Waals surface area contributed by atoms with Gasteiger partial charge in [-0.05, 0) is 50.4 Å². The molecule has 0 bridgehead atoms. The zero-order valence-corrected chi connectivity index (χ0v) is 23.6. The molecule has 2 saturated heterocycles. The number of piperazine rings is 1. The van der Waals surface area contributed by atoms with E-state index in [1.165, 1.54) is 6.08 Å². The molecule has 0 radical (unpaired) electrons. The normalized spacial score (nSPS) is 19.2. The van der Waals surface area contributed by atoms with Crippen molar-refractivity contribution in [3.63, 3.8) is 0 Å². The molecule has 2 fully saturated rings. The highest BCUT2D eigenvalue weighted by Crippen LogP contribution is 2.39. The summed E-state index contributed by atoms with van der Waals surface area (Å²) in [5.41, 5.74) is 9.54. The first-order valence-corrected chi connectivity index (χ1v) is 14.3. The lowest BCUT2D eigenvalue weighted by Crippen LogP contribution is -2.49. The Balaban J connectivity index is 1.38. The predicted molar refractivity (Wildman–Crippen MR) is 160 cm³/mol. The van der Waals surface area contributed by atoms with E-state index in [2.05, 4.69) is 40.5 Å². The number of fused-ring (bicyclic) bond motifs is 2. The molecule has 1 amide bonds. The van der Waals surface area contributed by atoms with Crippen LogP contribution in [0.1, 0.15) is 29.7 Å². The van der Waals surface area contributed by atoms with Crippen molar-refractivity contribution in [3.05, 3.63) is 59.8 Å². The molecule has 0 unspecified atom stereocenters. The van der Waals surface area contributed by atoms with Crippen LogP contribution < -0.4 is 20.3 Å². The second-order valence-corrected chi connectivity index (χ2v) is 11.0. The lowest BCUT2D eigenvalue weighted by Gasteiger charge is -2.39. The Morgan fingerprint density at radius 2 is 1.98 bits per heavy atom. The van der Waals surface area contributed by atoms with E-state index in [0.29, 0.717) is 69.1 Å². The fourth-order valence-corrected chi connectivity index (χ4v) is 6.36. The number of benzene rings is 1. The number of likely N-dealkylation sites (tertiary alicyclic amines) is 1. The van der Waals surface area contributed by atoms with Crippen LogP contribution in [-0.4, -0.2) is 84.6 Å². The number of aromatic nitrogens is 2. The van der Waals surface area contributed by atoms with E-state index in [1.807, 2.05) is 24.3 Å². The topological polar surface area (TPSA) is 115 Å². The van der Waals surface area contributed by atoms with Crippen molar-refractivity contribution in [2.75, 3.05) is 68.5 Å². The van der Waals surface area contributed by atoms with Gasteiger partial charge in [-0.2, -0.15) is 5.26 Å². The van der Waals surface area contributed by atoms with Crippen molar-refractivity contribution in [2.45, 2.75) is 31.8 Å². The van der Waals surface area contributed by atoms with Gasteiger partial charge in [-0.15, -0.1) is 0 Å². The van der Waals surface area contributed by atoms with Gasteiger partial charge in [0.15, 0.2) is 0 Å². The van der Waals surface area contributed by atoms with Crippen molar-refractivity contribution in [2.24, 2.45) is 0 Å². The van der Waals surface area contributed by atoms with Gasteiger partial charge < -0.3 is 30.1 Å². The van der Waals surface area contributed by atoms with E-state index in [-0.39, 0.29) is 5.91 Å². The summed E-state index contributed by atoms with van der Waals surface area (Å²) in [7, 11) is 2.11. The highest BCUT2D eigenvalue weighted by atomic mass is 16.5. The molecule has 5 heterocycles. The molecule has 10 nitrogen and oxygen atoms in total. The number of pyridine rings is 2. The first-order valence-electron chi connectivity index (χ1n) is 14.3. The van der Waals surface area contributed by atoms with Crippen LogP contribution in [0, 0.1) is 11.3 Å². The van der Waals surface area contributed by atoms with Crippen molar-refractivity contribution in [1.29, 1.82) is 5.26 Å². The summed E-state index contributed by atoms with van der Waals surface area (Å²) < 4.78 is 6.35. The average molecular weight is 553 g/mol. The molecule has 6 rings (SSSR count). The minimum absolute atomic E-state index is 0.0656. The molecule has 3 aliphatic heterocycles. The van der Waals surface area contributed by atoms with Crippen LogP contribution in [0.4, 0.5) is 17.3 Å². The molecule has 0 aliphatic carbocycles. The molecule has 2 aromatic heterocycles. The number of anilines is 3. The average Bonchev–Trinajstić information content (AvgIpc) is 3.42. The van der Waals surface area contributed by atoms with Crippen LogP contribution >= 0.6 is 0 Å². The molecule has 212 valence electrons. The maximum atomic E-state index is 12.2. The van der Waals surface area contributed by atoms with Crippen molar-refractivity contribution < 1.29 is 9.53 Å². The fourth-order valence-electron chi connectivity index (χ4n) is 6.36. The number of carbonyl (C=O) groups excluding carboxylic acids is 1. The van der Waals surface area contributed by atoms with E-state index in [4.69, 9.17) is 20.4 Å². The van der Waals surface area contributed by atoms with E-state index < -0.39 is 0 Å². The number of nitrogen functional groups attached to an aromatic ring is 1. The van der Waals surface area contributed by atoms with E-state index >= 15 is 0 Å². The summed E-state index contributed by atoms with van der Waals surface area (Å²) >= 11 is 0. The summed E-state index contributed by atoms with van der Waals surface area (Å²) in [5, 5.41) is 12.5. The minimum atomic E-state index is -0.0656. The highest BCUT2D eigenvalue weighted by Gasteiger charge is 2.32. The number of rotatable bonds is 6. The predicted octanol–water partition coefficient (Wildman–Crippen LogP) is 2.95. The van der Waals surface area contributed by atoms with Crippen molar-refractivity contribution in [1.82, 2.24) is 19.8 Å². The summed E-state index contributed by atoms with van der Waals surface area (Å²) in [5.74, 6) is 1.64. The summed E-state index contributed by atoms with van der Waals surface area (Å²) in [4.78, 5) is 30.5. The summed E-state index contributed by atoms with van der Waals surface area (Å²) in [6.45, 7) is 8.81. The zero-order chi connectivity index (χ0) is 28.5. The Morgan fingerprint density at radius 1 is 1.17 bits per heavy atom. The fraction of sp³-hybridized carbons (Fsp3) is 0.419. The van der Waals surface area contributed by atoms with E-state index in [0.717, 1.165) is 59.5 Å². The Bertz CT molecular complexity index is 1520. The molecular weight excluding hydrogens is 516 g/mol. The van der Waals surface area contributed by atoms with Gasteiger partial charge in [0.2, 0.25) is 11.8 Å². The Morgan fingerprint density at radius 3 is 2.71 bits per heavy atom. The van der Waals surface area contributed by atoms with Gasteiger partial charge in [0.1, 0.15) is 29.9 Å². The lowest BCUT2D eigenvalue weighted by atomic mass is 9.97. The lowest BCUT2D eigenvalue weighted by molar-refractivity contribution is -0.126. The van der Waals surface area contributed by atoms with Gasteiger partial charge in [-0.3, -0.25) is 4.79 Å². The quantitative estimate of drug-likeness (QED) is 0.461. The van der Waals surface area contributed by atoms with Crippen LogP contribution in [0.5, 0.6) is 5.88 Å². The summed E-state index contributed by atoms with van der Waals surface area (Å²) in [6.07, 6.45) is 4.27. The van der Waals surface area contributed by atoms with Crippen LogP contribution in [0.25, 0.3) is 10.8 Å². The molecule has 10 heteroatoms. The monoisotopic (exact) mass is 552 g/mol. The number of nitrogens with zero attached hydrogens (tertiary/aromatic N) is 7. The molecule has 3 aromatic rings. The Kier molecular flexibility index (Phi) is 7.37. The number of nitrogens with two attached hydrogens (primary N) is 1. The van der Waals surface area contributed by atoms with Gasteiger partial charge in [0.25, 0.3) is 0 Å². The van der Waals surface area contributed by atoms with E-state index in [9.17, 15) is 10.1 Å². The van der Waals surface area contributed by atoms with Gasteiger partial charge in [0.05, 0.1) is 17.9 Å². The maximum Gasteiger partial charge on any atom is 0.246 e. The van der Waals surface area contributed by atoms with Crippen LogP contribution in [0.2, 0.25) is 0 Å². The zero-order valence-electron chi connectivity index (χ0n) is 23.6. The van der Waals surface area contributed by atoms with Gasteiger partial charge in [-0.25, -0.2) is 9.97 Å². The summed E-state index contributed by atoms with van der Waals surface area (Å²) in [6, 6.07) is 12.8. The standard InChI is InChI=1S/C31H36N8O2/c1-3-28(40)37-13-15-38(16-14-37)29-24-10-12-39(30-23-9-5-4-7-21(23)17-27(33)35-30)19-26(24)34-31(25(29)18-32)41-20-22-8-6-11-36(22)2/h3-5,7,9,17,22H,1,6,8,10-16,19-20H2,2H3,(H2,33,35)/t22-/m0/s1. The number of carbonyl (C=O) groups is 1. The second-order valence-electron chi connectivity index (χ2n) is 11.0. The molecule has 0 saturated carbocycles. The number of hydrogen-bond acceptors (Lipinski definition) is 9. The van der Waals surface area contributed by atoms with Crippen molar-refractivity contribution >= 4 is 34.0 Å². The Hall–Kier alpha value is -4.36. The molecule has 41 heavy (non-hydrogen) atoms. The number of nitriles is 1. The third-order valence-electron chi connectivity index (χ3n) is 8.61. The third kappa shape index (κ3) is 5.13. The smallest absolute Gasteiger partial charge is 0.246 e. The molecular formula is C31H36N8O2. The molecule has 0 spiro atoms. The first-order chi connectivity index (χ1) is 20.0. The number of likely N-dealkylation sites (N-methyl/N-ethyl adjacent to an activating group) is 1. The highest BCUT2D eigenvalue weighted by molar-refractivity contribution is 5.94. The molecule has 3 aliphatic rings. The molecule has 1 aromatic carbocycles. The molecule has 2 N–H and O–H groups in total. The number of hydrogen-bond donors (Lipinski definition) is 1. The largest absolute Gasteiger partial charge is 0.475 e. The SMILES string of the molecule is C=CC(=O)N1CCN(c2c(C#N)c(OC[C@@H]3CCCN3C)nc3c2CCN(c2nc(N)cc4ccccc24)C3)CC1. The van der Waals surface area contributed by atoms with E-state index in [1.54, 1.807) is 4.90 Å². The van der Waals surface area contributed by atoms with Gasteiger partial charge in [0, 0.05) is 49.7 Å². The van der Waals surface area contributed by atoms with Crippen LogP contribution in [0.3, 0.4) is 0 Å². The van der Waals surface area contributed by atoms with Gasteiger partial charge in [-0.1, -0.05) is 30.8 Å². The Labute approximate surface area is 240 Å². The first kappa shape index (κ1) is 26.8. The number of ether oxygens (including phenoxy) is 1. The van der Waals surface area contributed by atoms with Gasteiger partial charge >= 0.3 is 0 Å². The van der Waals surface area contributed by atoms with Crippen LogP contribution in [-0.2, 0) is 17.8 Å². The maximum absolute atomic E-state index is 12.2. The molecule has 1 atom stereocenters. The van der Waals surface area contributed by atoms with Crippen LogP contribution in [0.15, 0.2) is 43.0 Å². The van der Waals surface area contributed by atoms with Crippen molar-refractivity contribution in [3.8, 4) is 11.9 Å². The minimum Gasteiger partial charge on any atom is -0.475 e. The number of amides is 1. The third-order valence-corrected chi connectivity index (χ3v) is 8.61.